The van der Waals surface area contributed by atoms with Crippen molar-refractivity contribution in [3.63, 3.8) is 0 Å². The summed E-state index contributed by atoms with van der Waals surface area (Å²) in [4.78, 5) is 21.8. The number of carboxylic acids is 2. The number of nitrogens with zero attached hydrogens (tertiary/aromatic N) is 2. The lowest BCUT2D eigenvalue weighted by molar-refractivity contribution is -0.142. The first-order valence-corrected chi connectivity index (χ1v) is 4.58. The molecule has 0 heterocycles. The van der Waals surface area contributed by atoms with Gasteiger partial charge in [-0.3, -0.25) is 10.8 Å². The van der Waals surface area contributed by atoms with Gasteiger partial charge in [-0.25, -0.2) is 9.59 Å². The standard InChI is InChI=1S/C8H14N6O4.2ClH/c1-7(3(9)10,5(15)16)13-14-8(2,4(11)12)6(17)18;;/h1-2H3,(H3,9,10)(H3,11,12)(H,15,16)(H,17,18);2*1H. The van der Waals surface area contributed by atoms with Crippen LogP contribution in [-0.4, -0.2) is 44.9 Å². The highest BCUT2D eigenvalue weighted by Gasteiger charge is 2.42. The van der Waals surface area contributed by atoms with Gasteiger partial charge in [0, 0.05) is 0 Å². The zero-order valence-electron chi connectivity index (χ0n) is 10.6. The first kappa shape index (κ1) is 23.2. The van der Waals surface area contributed by atoms with Crippen LogP contribution in [0, 0.1) is 10.8 Å². The van der Waals surface area contributed by atoms with Crippen molar-refractivity contribution >= 4 is 48.4 Å². The second-order valence-corrected chi connectivity index (χ2v) is 3.78. The van der Waals surface area contributed by atoms with E-state index in [0.29, 0.717) is 0 Å². The Kier molecular flexibility index (Phi) is 8.81. The van der Waals surface area contributed by atoms with Crippen LogP contribution < -0.4 is 11.5 Å². The number of hydrogen-bond acceptors (Lipinski definition) is 6. The Morgan fingerprint density at radius 3 is 1.20 bits per heavy atom. The Morgan fingerprint density at radius 2 is 1.10 bits per heavy atom. The van der Waals surface area contributed by atoms with Gasteiger partial charge >= 0.3 is 11.9 Å². The van der Waals surface area contributed by atoms with Crippen LogP contribution in [0.4, 0.5) is 0 Å². The molecule has 0 fully saturated rings. The molecule has 0 aromatic rings. The van der Waals surface area contributed by atoms with Crippen molar-refractivity contribution in [1.29, 1.82) is 10.8 Å². The summed E-state index contributed by atoms with van der Waals surface area (Å²) < 4.78 is 0. The molecule has 0 radical (unpaired) electrons. The molecule has 0 amide bonds. The maximum atomic E-state index is 10.9. The first-order chi connectivity index (χ1) is 7.98. The van der Waals surface area contributed by atoms with Gasteiger partial charge in [0.2, 0.25) is 11.1 Å². The van der Waals surface area contributed by atoms with Crippen molar-refractivity contribution in [2.45, 2.75) is 24.9 Å². The van der Waals surface area contributed by atoms with Gasteiger partial charge in [0.1, 0.15) is 11.7 Å². The van der Waals surface area contributed by atoms with E-state index in [1.165, 1.54) is 0 Å². The summed E-state index contributed by atoms with van der Waals surface area (Å²) in [5.41, 5.74) is 5.74. The molecule has 0 aromatic heterocycles. The predicted octanol–water partition coefficient (Wildman–Crippen LogP) is -0.159. The highest BCUT2D eigenvalue weighted by atomic mass is 35.5. The van der Waals surface area contributed by atoms with Gasteiger partial charge in [0.15, 0.2) is 0 Å². The maximum absolute atomic E-state index is 10.9. The summed E-state index contributed by atoms with van der Waals surface area (Å²) in [6.45, 7) is 1.95. The minimum atomic E-state index is -2.20. The zero-order chi connectivity index (χ0) is 14.7. The fourth-order valence-corrected chi connectivity index (χ4v) is 0.624. The van der Waals surface area contributed by atoms with Crippen molar-refractivity contribution in [2.24, 2.45) is 21.7 Å². The van der Waals surface area contributed by atoms with Crippen LogP contribution in [0.2, 0.25) is 0 Å². The van der Waals surface area contributed by atoms with Gasteiger partial charge in [0.05, 0.1) is 0 Å². The number of amidine groups is 2. The molecule has 2 atom stereocenters. The minimum Gasteiger partial charge on any atom is -0.479 e. The molecular weight excluding hydrogens is 315 g/mol. The highest BCUT2D eigenvalue weighted by molar-refractivity contribution is 6.08. The van der Waals surface area contributed by atoms with Gasteiger partial charge < -0.3 is 21.7 Å². The molecule has 8 N–H and O–H groups in total. The van der Waals surface area contributed by atoms with Crippen LogP contribution in [0.25, 0.3) is 0 Å². The van der Waals surface area contributed by atoms with Crippen molar-refractivity contribution < 1.29 is 19.8 Å². The third-order valence-corrected chi connectivity index (χ3v) is 2.33. The largest absolute Gasteiger partial charge is 0.479 e. The fraction of sp³-hybridized carbons (Fsp3) is 0.500. The van der Waals surface area contributed by atoms with E-state index in [2.05, 4.69) is 10.2 Å². The highest BCUT2D eigenvalue weighted by Crippen LogP contribution is 2.17. The number of azo groups is 1. The van der Waals surface area contributed by atoms with E-state index >= 15 is 0 Å². The van der Waals surface area contributed by atoms with E-state index < -0.39 is 34.7 Å². The Labute approximate surface area is 126 Å². The van der Waals surface area contributed by atoms with Crippen LogP contribution in [0.3, 0.4) is 0 Å². The monoisotopic (exact) mass is 330 g/mol. The smallest absolute Gasteiger partial charge is 0.341 e. The number of nitrogens with one attached hydrogen (secondary N) is 2. The average molecular weight is 331 g/mol. The summed E-state index contributed by atoms with van der Waals surface area (Å²) in [5, 5.41) is 38.5. The quantitative estimate of drug-likeness (QED) is 0.222. The minimum absolute atomic E-state index is 0. The van der Waals surface area contributed by atoms with Crippen LogP contribution in [0.1, 0.15) is 13.8 Å². The predicted molar refractivity (Wildman–Crippen MR) is 75.3 cm³/mol. The van der Waals surface area contributed by atoms with E-state index in [1.807, 2.05) is 0 Å². The van der Waals surface area contributed by atoms with Crippen LogP contribution in [-0.2, 0) is 9.59 Å². The molecule has 0 spiro atoms. The number of carboxylic acid groups (broad SMARTS) is 2. The lowest BCUT2D eigenvalue weighted by Crippen LogP contribution is -2.49. The number of aliphatic carboxylic acids is 2. The number of carbonyl (C=O) groups is 2. The lowest BCUT2D eigenvalue weighted by atomic mass is 10.0. The number of rotatable bonds is 6. The van der Waals surface area contributed by atoms with Crippen LogP contribution in [0.15, 0.2) is 10.2 Å². The van der Waals surface area contributed by atoms with Crippen molar-refractivity contribution in [2.75, 3.05) is 0 Å². The molecule has 0 saturated heterocycles. The van der Waals surface area contributed by atoms with Crippen LogP contribution >= 0.6 is 24.8 Å². The summed E-state index contributed by atoms with van der Waals surface area (Å²) in [5.74, 6) is -4.80. The zero-order valence-corrected chi connectivity index (χ0v) is 12.2. The normalized spacial score (nSPS) is 15.9. The lowest BCUT2D eigenvalue weighted by Gasteiger charge is -2.21. The molecule has 0 aliphatic carbocycles. The summed E-state index contributed by atoms with van der Waals surface area (Å²) in [6, 6.07) is 0. The maximum Gasteiger partial charge on any atom is 0.341 e. The fourth-order valence-electron chi connectivity index (χ4n) is 0.624. The molecule has 0 bridgehead atoms. The van der Waals surface area contributed by atoms with Gasteiger partial charge in [-0.2, -0.15) is 10.2 Å². The molecule has 2 unspecified atom stereocenters. The topological polar surface area (TPSA) is 199 Å². The van der Waals surface area contributed by atoms with Crippen molar-refractivity contribution in [3.05, 3.63) is 0 Å². The second kappa shape index (κ2) is 7.60. The SMILES string of the molecule is CC(N=NC(C)(C(=N)N)C(=O)O)(C(=N)N)C(=O)O.Cl.Cl. The van der Waals surface area contributed by atoms with Gasteiger partial charge in [-0.15, -0.1) is 24.8 Å². The first-order valence-electron chi connectivity index (χ1n) is 4.58. The molecule has 10 nitrogen and oxygen atoms in total. The van der Waals surface area contributed by atoms with Crippen molar-refractivity contribution in [1.82, 2.24) is 0 Å². The van der Waals surface area contributed by atoms with Crippen molar-refractivity contribution in [3.8, 4) is 0 Å². The van der Waals surface area contributed by atoms with E-state index in [0.717, 1.165) is 13.8 Å². The van der Waals surface area contributed by atoms with Gasteiger partial charge in [-0.05, 0) is 13.8 Å². The Balaban J connectivity index is -0.00000144. The molecule has 116 valence electrons. The average Bonchev–Trinajstić information content (AvgIpc) is 2.23. The van der Waals surface area contributed by atoms with Crippen LogP contribution in [0.5, 0.6) is 0 Å². The van der Waals surface area contributed by atoms with Gasteiger partial charge in [-0.1, -0.05) is 0 Å². The molecule has 0 aliphatic heterocycles. The molecule has 0 saturated carbocycles. The number of halogens is 2. The molecule has 0 aromatic carbocycles. The third kappa shape index (κ3) is 4.31. The molecule has 0 rings (SSSR count). The molecule has 12 heteroatoms. The summed E-state index contributed by atoms with van der Waals surface area (Å²) in [7, 11) is 0. The van der Waals surface area contributed by atoms with Gasteiger partial charge in [0.25, 0.3) is 0 Å². The second-order valence-electron chi connectivity index (χ2n) is 3.78. The number of nitrogens with two attached hydrogens (primary N) is 2. The Hall–Kier alpha value is -1.94. The Morgan fingerprint density at radius 1 is 0.900 bits per heavy atom. The molecular formula is C8H16Cl2N6O4. The van der Waals surface area contributed by atoms with E-state index in [-0.39, 0.29) is 24.8 Å². The molecule has 20 heavy (non-hydrogen) atoms. The Bertz CT molecular complexity index is 384. The van der Waals surface area contributed by atoms with E-state index in [4.69, 9.17) is 32.5 Å². The summed E-state index contributed by atoms with van der Waals surface area (Å²) >= 11 is 0. The molecule has 0 aliphatic rings. The summed E-state index contributed by atoms with van der Waals surface area (Å²) in [6.07, 6.45) is 0. The van der Waals surface area contributed by atoms with E-state index in [9.17, 15) is 9.59 Å². The number of hydrogen-bond donors (Lipinski definition) is 6. The van der Waals surface area contributed by atoms with E-state index in [1.54, 1.807) is 0 Å². The third-order valence-electron chi connectivity index (χ3n) is 2.33.